The van der Waals surface area contributed by atoms with Crippen LogP contribution in [0.3, 0.4) is 0 Å². The van der Waals surface area contributed by atoms with Crippen LogP contribution in [0.2, 0.25) is 0 Å². The predicted molar refractivity (Wildman–Crippen MR) is 101 cm³/mol. The fraction of sp³-hybridized carbons (Fsp3) is 0.611. The number of hydrogen-bond acceptors (Lipinski definition) is 4. The maximum absolute atomic E-state index is 4.44. The van der Waals surface area contributed by atoms with Crippen molar-refractivity contribution in [2.24, 2.45) is 4.99 Å². The summed E-state index contributed by atoms with van der Waals surface area (Å²) in [6, 6.07) is 6.28. The molecular weight excluding hydrogens is 286 g/mol. The number of allylic oxidation sites excluding steroid dienone is 1. The van der Waals surface area contributed by atoms with Crippen molar-refractivity contribution < 1.29 is 0 Å². The van der Waals surface area contributed by atoms with E-state index in [9.17, 15) is 0 Å². The van der Waals surface area contributed by atoms with Gasteiger partial charge >= 0.3 is 0 Å². The summed E-state index contributed by atoms with van der Waals surface area (Å²) in [7, 11) is 8.18. The lowest BCUT2D eigenvalue weighted by Crippen LogP contribution is -2.33. The van der Waals surface area contributed by atoms with Crippen LogP contribution in [0.4, 0.5) is 5.82 Å². The van der Waals surface area contributed by atoms with Crippen LogP contribution in [0.15, 0.2) is 29.3 Å². The van der Waals surface area contributed by atoms with E-state index < -0.39 is 0 Å². The first-order valence-electron chi connectivity index (χ1n) is 8.39. The molecule has 5 nitrogen and oxygen atoms in total. The summed E-state index contributed by atoms with van der Waals surface area (Å²) < 4.78 is 2.23. The van der Waals surface area contributed by atoms with Crippen molar-refractivity contribution in [3.63, 3.8) is 0 Å². The molecule has 1 N–H and O–H groups in total. The van der Waals surface area contributed by atoms with Crippen LogP contribution in [-0.2, 0) is 0 Å². The largest absolute Gasteiger partial charge is 0.359 e. The lowest BCUT2D eigenvalue weighted by molar-refractivity contribution is 0.416. The molecule has 0 aliphatic carbocycles. The fourth-order valence-corrected chi connectivity index (χ4v) is 2.38. The Labute approximate surface area is 141 Å². The van der Waals surface area contributed by atoms with Gasteiger partial charge in [-0.15, -0.1) is 0 Å². The molecule has 23 heavy (non-hydrogen) atoms. The van der Waals surface area contributed by atoms with Gasteiger partial charge in [-0.25, -0.2) is 0 Å². The predicted octanol–water partition coefficient (Wildman–Crippen LogP) is 1.88. The van der Waals surface area contributed by atoms with E-state index in [0.717, 1.165) is 38.1 Å². The third-order valence-corrected chi connectivity index (χ3v) is 3.77. The Morgan fingerprint density at radius 1 is 1.26 bits per heavy atom. The molecule has 1 heterocycles. The van der Waals surface area contributed by atoms with Gasteiger partial charge in [-0.1, -0.05) is 19.1 Å². The maximum atomic E-state index is 4.44. The second kappa shape index (κ2) is 10.2. The molecule has 0 aliphatic rings. The minimum absolute atomic E-state index is 0.881. The van der Waals surface area contributed by atoms with E-state index in [1.165, 1.54) is 11.5 Å². The van der Waals surface area contributed by atoms with Gasteiger partial charge in [0, 0.05) is 39.4 Å². The summed E-state index contributed by atoms with van der Waals surface area (Å²) in [4.78, 5) is 8.92. The number of hydrogen-bond donors (Lipinski definition) is 1. The standard InChI is InChI=1S/C18H33N5/c1-7-12-20-13-11-16(2)23-17(19-3)9-8-10-18(23)22(6)15-14-21(4)5/h8-11,20H,7,12-15H2,1-6H3/b16-11+,19-17?. The molecule has 0 aliphatic heterocycles. The van der Waals surface area contributed by atoms with Crippen molar-refractivity contribution in [2.75, 3.05) is 59.3 Å². The smallest absolute Gasteiger partial charge is 0.133 e. The Kier molecular flexibility index (Phi) is 8.66. The fourth-order valence-electron chi connectivity index (χ4n) is 2.38. The van der Waals surface area contributed by atoms with E-state index in [1.807, 2.05) is 7.05 Å². The molecule has 1 rings (SSSR count). The number of nitrogens with one attached hydrogen (secondary N) is 1. The Bertz CT molecular complexity index is 557. The summed E-state index contributed by atoms with van der Waals surface area (Å²) in [6.45, 7) is 8.24. The Morgan fingerprint density at radius 3 is 2.61 bits per heavy atom. The number of pyridine rings is 1. The van der Waals surface area contributed by atoms with Crippen LogP contribution < -0.4 is 15.7 Å². The SMILES string of the molecule is CCCNC/C=C(\C)n1c(N(C)CCN(C)C)cccc1=NC. The van der Waals surface area contributed by atoms with Gasteiger partial charge in [-0.05, 0) is 46.1 Å². The van der Waals surface area contributed by atoms with Crippen LogP contribution in [0.25, 0.3) is 5.70 Å². The van der Waals surface area contributed by atoms with Gasteiger partial charge in [-0.2, -0.15) is 0 Å². The zero-order valence-corrected chi connectivity index (χ0v) is 15.6. The van der Waals surface area contributed by atoms with E-state index in [-0.39, 0.29) is 0 Å². The molecule has 5 heteroatoms. The van der Waals surface area contributed by atoms with Crippen LogP contribution >= 0.6 is 0 Å². The summed E-state index contributed by atoms with van der Waals surface area (Å²) in [6.07, 6.45) is 3.38. The first-order chi connectivity index (χ1) is 11.0. The van der Waals surface area contributed by atoms with Crippen molar-refractivity contribution in [1.82, 2.24) is 14.8 Å². The van der Waals surface area contributed by atoms with Gasteiger partial charge in [0.05, 0.1) is 0 Å². The molecule has 0 radical (unpaired) electrons. The van der Waals surface area contributed by atoms with Crippen LogP contribution in [0.5, 0.6) is 0 Å². The topological polar surface area (TPSA) is 35.8 Å². The van der Waals surface area contributed by atoms with Gasteiger partial charge < -0.3 is 15.1 Å². The lowest BCUT2D eigenvalue weighted by Gasteiger charge is -2.26. The molecule has 1 aromatic rings. The van der Waals surface area contributed by atoms with Gasteiger partial charge in [0.2, 0.25) is 0 Å². The highest BCUT2D eigenvalue weighted by Gasteiger charge is 2.09. The first-order valence-corrected chi connectivity index (χ1v) is 8.39. The molecule has 0 atom stereocenters. The van der Waals surface area contributed by atoms with E-state index in [0.29, 0.717) is 0 Å². The molecule has 0 unspecified atom stereocenters. The Hall–Kier alpha value is -1.59. The molecule has 1 aromatic heterocycles. The normalized spacial score (nSPS) is 13.0. The van der Waals surface area contributed by atoms with Crippen LogP contribution in [0, 0.1) is 0 Å². The monoisotopic (exact) mass is 319 g/mol. The molecule has 0 saturated heterocycles. The van der Waals surface area contributed by atoms with Crippen molar-refractivity contribution in [3.05, 3.63) is 29.8 Å². The molecule has 0 aromatic carbocycles. The molecule has 130 valence electrons. The molecule has 0 amide bonds. The second-order valence-corrected chi connectivity index (χ2v) is 6.08. The Balaban J connectivity index is 3.08. The lowest BCUT2D eigenvalue weighted by atomic mass is 10.3. The van der Waals surface area contributed by atoms with E-state index in [1.54, 1.807) is 0 Å². The average Bonchev–Trinajstić information content (AvgIpc) is 2.55. The summed E-state index contributed by atoms with van der Waals surface area (Å²) >= 11 is 0. The number of aromatic nitrogens is 1. The maximum Gasteiger partial charge on any atom is 0.133 e. The highest BCUT2D eigenvalue weighted by Crippen LogP contribution is 2.14. The van der Waals surface area contributed by atoms with Crippen LogP contribution in [0.1, 0.15) is 20.3 Å². The minimum atomic E-state index is 0.881. The van der Waals surface area contributed by atoms with E-state index >= 15 is 0 Å². The number of anilines is 1. The summed E-state index contributed by atoms with van der Waals surface area (Å²) in [5.74, 6) is 1.17. The van der Waals surface area contributed by atoms with Gasteiger partial charge in [-0.3, -0.25) is 9.56 Å². The van der Waals surface area contributed by atoms with Gasteiger partial charge in [0.25, 0.3) is 0 Å². The molecular formula is C18H33N5. The number of rotatable bonds is 9. The number of likely N-dealkylation sites (N-methyl/N-ethyl adjacent to an activating group) is 2. The minimum Gasteiger partial charge on any atom is -0.359 e. The van der Waals surface area contributed by atoms with Gasteiger partial charge in [0.15, 0.2) is 0 Å². The quantitative estimate of drug-likeness (QED) is 0.706. The van der Waals surface area contributed by atoms with Crippen molar-refractivity contribution in [3.8, 4) is 0 Å². The highest BCUT2D eigenvalue weighted by molar-refractivity contribution is 5.53. The molecule has 0 saturated carbocycles. The number of nitrogens with zero attached hydrogens (tertiary/aromatic N) is 4. The average molecular weight is 319 g/mol. The molecule has 0 fully saturated rings. The molecule has 0 bridgehead atoms. The van der Waals surface area contributed by atoms with Crippen molar-refractivity contribution >= 4 is 11.5 Å². The Morgan fingerprint density at radius 2 is 2.00 bits per heavy atom. The van der Waals surface area contributed by atoms with E-state index in [4.69, 9.17) is 0 Å². The van der Waals surface area contributed by atoms with Gasteiger partial charge in [0.1, 0.15) is 11.3 Å². The van der Waals surface area contributed by atoms with Crippen molar-refractivity contribution in [2.45, 2.75) is 20.3 Å². The highest BCUT2D eigenvalue weighted by atomic mass is 15.2. The zero-order chi connectivity index (χ0) is 17.2. The second-order valence-electron chi connectivity index (χ2n) is 6.08. The third kappa shape index (κ3) is 6.20. The van der Waals surface area contributed by atoms with Crippen LogP contribution in [-0.4, -0.2) is 63.8 Å². The van der Waals surface area contributed by atoms with Crippen molar-refractivity contribution in [1.29, 1.82) is 0 Å². The third-order valence-electron chi connectivity index (χ3n) is 3.77. The van der Waals surface area contributed by atoms with E-state index in [2.05, 4.69) is 83.9 Å². The zero-order valence-electron chi connectivity index (χ0n) is 15.6. The summed E-state index contributed by atoms with van der Waals surface area (Å²) in [5.41, 5.74) is 2.17. The summed E-state index contributed by atoms with van der Waals surface area (Å²) in [5, 5.41) is 3.42. The molecule has 0 spiro atoms. The first kappa shape index (κ1) is 19.5.